The predicted molar refractivity (Wildman–Crippen MR) is 99.9 cm³/mol. The number of hydrogen-bond acceptors (Lipinski definition) is 4. The number of carbonyl (C=O) groups is 2. The van der Waals surface area contributed by atoms with Crippen LogP contribution in [0.1, 0.15) is 19.8 Å². The van der Waals surface area contributed by atoms with Crippen LogP contribution in [0.2, 0.25) is 5.02 Å². The van der Waals surface area contributed by atoms with Gasteiger partial charge in [-0.2, -0.15) is 0 Å². The SMILES string of the molecule is CCC[C@@H]1[C@H]2C(=O)N(c3ccc(Cl)cc3)C(=O)[C@@H]2ON1c1ccccc1. The molecule has 2 aromatic rings. The molecule has 0 aromatic heterocycles. The number of rotatable bonds is 4. The van der Waals surface area contributed by atoms with Crippen molar-refractivity contribution in [3.63, 3.8) is 0 Å². The van der Waals surface area contributed by atoms with Crippen LogP contribution in [0, 0.1) is 5.92 Å². The molecule has 0 radical (unpaired) electrons. The van der Waals surface area contributed by atoms with Crippen LogP contribution in [0.15, 0.2) is 54.6 Å². The minimum absolute atomic E-state index is 0.166. The summed E-state index contributed by atoms with van der Waals surface area (Å²) in [4.78, 5) is 33.3. The lowest BCUT2D eigenvalue weighted by Gasteiger charge is -2.28. The van der Waals surface area contributed by atoms with E-state index in [0.717, 1.165) is 18.5 Å². The molecule has 2 amide bonds. The van der Waals surface area contributed by atoms with E-state index >= 15 is 0 Å². The Hall–Kier alpha value is -2.37. The first-order valence-corrected chi connectivity index (χ1v) is 9.14. The van der Waals surface area contributed by atoms with E-state index in [2.05, 4.69) is 6.92 Å². The lowest BCUT2D eigenvalue weighted by molar-refractivity contribution is -0.126. The molecule has 4 rings (SSSR count). The van der Waals surface area contributed by atoms with Crippen LogP contribution in [-0.4, -0.2) is 24.0 Å². The molecule has 2 heterocycles. The van der Waals surface area contributed by atoms with Gasteiger partial charge in [-0.05, 0) is 42.8 Å². The quantitative estimate of drug-likeness (QED) is 0.768. The van der Waals surface area contributed by atoms with Gasteiger partial charge in [-0.1, -0.05) is 43.1 Å². The van der Waals surface area contributed by atoms with Gasteiger partial charge in [0, 0.05) is 5.02 Å². The number of imide groups is 1. The Labute approximate surface area is 157 Å². The number of hydroxylamine groups is 1. The molecule has 2 saturated heterocycles. The number of fused-ring (bicyclic) bond motifs is 1. The normalized spacial score (nSPS) is 25.1. The molecule has 6 heteroatoms. The molecule has 2 aliphatic heterocycles. The minimum Gasteiger partial charge on any atom is -0.273 e. The van der Waals surface area contributed by atoms with Crippen LogP contribution in [0.5, 0.6) is 0 Å². The first kappa shape index (κ1) is 17.1. The molecule has 0 aliphatic carbocycles. The van der Waals surface area contributed by atoms with Crippen molar-refractivity contribution in [3.8, 4) is 0 Å². The number of nitrogens with zero attached hydrogens (tertiary/aromatic N) is 2. The lowest BCUT2D eigenvalue weighted by Crippen LogP contribution is -2.40. The van der Waals surface area contributed by atoms with E-state index < -0.39 is 12.0 Å². The number of para-hydroxylation sites is 1. The molecule has 0 spiro atoms. The highest BCUT2D eigenvalue weighted by Gasteiger charge is 2.59. The van der Waals surface area contributed by atoms with Gasteiger partial charge >= 0.3 is 0 Å². The maximum Gasteiger partial charge on any atom is 0.266 e. The van der Waals surface area contributed by atoms with Crippen LogP contribution in [0.3, 0.4) is 0 Å². The Morgan fingerprint density at radius 1 is 0.962 bits per heavy atom. The zero-order valence-corrected chi connectivity index (χ0v) is 15.1. The number of benzene rings is 2. The lowest BCUT2D eigenvalue weighted by atomic mass is 9.93. The summed E-state index contributed by atoms with van der Waals surface area (Å²) in [5.41, 5.74) is 1.39. The van der Waals surface area contributed by atoms with Gasteiger partial charge in [0.05, 0.1) is 23.3 Å². The summed E-state index contributed by atoms with van der Waals surface area (Å²) in [5, 5.41) is 2.30. The van der Waals surface area contributed by atoms with Crippen molar-refractivity contribution < 1.29 is 14.4 Å². The fourth-order valence-electron chi connectivity index (χ4n) is 3.76. The predicted octanol–water partition coefficient (Wildman–Crippen LogP) is 3.82. The molecule has 0 unspecified atom stereocenters. The minimum atomic E-state index is -0.782. The van der Waals surface area contributed by atoms with Crippen LogP contribution in [0.4, 0.5) is 11.4 Å². The van der Waals surface area contributed by atoms with Gasteiger partial charge in [-0.15, -0.1) is 0 Å². The van der Waals surface area contributed by atoms with Crippen molar-refractivity contribution in [3.05, 3.63) is 59.6 Å². The van der Waals surface area contributed by atoms with Gasteiger partial charge in [-0.3, -0.25) is 14.4 Å². The maximum absolute atomic E-state index is 13.1. The Bertz CT molecular complexity index is 825. The number of halogens is 1. The van der Waals surface area contributed by atoms with Crippen LogP contribution in [0.25, 0.3) is 0 Å². The molecule has 5 nitrogen and oxygen atoms in total. The summed E-state index contributed by atoms with van der Waals surface area (Å²) in [6.07, 6.45) is 0.877. The van der Waals surface area contributed by atoms with Gasteiger partial charge in [0.25, 0.3) is 5.91 Å². The number of amides is 2. The summed E-state index contributed by atoms with van der Waals surface area (Å²) in [6.45, 7) is 2.06. The van der Waals surface area contributed by atoms with Crippen molar-refractivity contribution in [2.24, 2.45) is 5.92 Å². The van der Waals surface area contributed by atoms with E-state index in [1.165, 1.54) is 4.90 Å². The average molecular weight is 371 g/mol. The van der Waals surface area contributed by atoms with Gasteiger partial charge in [-0.25, -0.2) is 9.96 Å². The molecular formula is C20H19ClN2O3. The maximum atomic E-state index is 13.1. The van der Waals surface area contributed by atoms with E-state index in [1.807, 2.05) is 30.3 Å². The Balaban J connectivity index is 1.67. The third-order valence-corrected chi connectivity index (χ3v) is 5.17. The molecule has 2 aromatic carbocycles. The van der Waals surface area contributed by atoms with E-state index in [1.54, 1.807) is 29.3 Å². The first-order chi connectivity index (χ1) is 12.6. The van der Waals surface area contributed by atoms with Crippen molar-refractivity contribution in [1.82, 2.24) is 0 Å². The van der Waals surface area contributed by atoms with Crippen LogP contribution < -0.4 is 9.96 Å². The smallest absolute Gasteiger partial charge is 0.266 e. The van der Waals surface area contributed by atoms with Crippen LogP contribution >= 0.6 is 11.6 Å². The molecule has 134 valence electrons. The molecule has 3 atom stereocenters. The van der Waals surface area contributed by atoms with Crippen molar-refractivity contribution in [1.29, 1.82) is 0 Å². The highest BCUT2D eigenvalue weighted by Crippen LogP contribution is 2.41. The Kier molecular flexibility index (Phi) is 4.42. The summed E-state index contributed by atoms with van der Waals surface area (Å²) < 4.78 is 0. The fourth-order valence-corrected chi connectivity index (χ4v) is 3.88. The zero-order valence-electron chi connectivity index (χ0n) is 14.3. The molecule has 0 bridgehead atoms. The van der Waals surface area contributed by atoms with Gasteiger partial charge in [0.15, 0.2) is 6.10 Å². The Morgan fingerprint density at radius 2 is 1.65 bits per heavy atom. The molecular weight excluding hydrogens is 352 g/mol. The summed E-state index contributed by atoms with van der Waals surface area (Å²) >= 11 is 5.92. The van der Waals surface area contributed by atoms with Crippen molar-refractivity contribution in [2.75, 3.05) is 9.96 Å². The van der Waals surface area contributed by atoms with E-state index in [-0.39, 0.29) is 17.9 Å². The summed E-state index contributed by atoms with van der Waals surface area (Å²) in [5.74, 6) is -1.03. The second-order valence-corrected chi connectivity index (χ2v) is 6.99. The van der Waals surface area contributed by atoms with Gasteiger partial charge in [0.1, 0.15) is 0 Å². The topological polar surface area (TPSA) is 49.9 Å². The van der Waals surface area contributed by atoms with Crippen molar-refractivity contribution in [2.45, 2.75) is 31.9 Å². The third-order valence-electron chi connectivity index (χ3n) is 4.92. The standard InChI is InChI=1S/C20H19ClN2O3/c1-2-6-16-17-18(26-23(16)15-7-4-3-5-8-15)20(25)22(19(17)24)14-11-9-13(21)10-12-14/h3-5,7-12,16-18H,2,6H2,1H3/t16-,17-,18-/m1/s1. The third kappa shape index (κ3) is 2.68. The van der Waals surface area contributed by atoms with E-state index in [4.69, 9.17) is 16.4 Å². The molecule has 0 N–H and O–H groups in total. The van der Waals surface area contributed by atoms with E-state index in [9.17, 15) is 9.59 Å². The van der Waals surface area contributed by atoms with Crippen LogP contribution in [-0.2, 0) is 14.4 Å². The second kappa shape index (κ2) is 6.74. The fraction of sp³-hybridized carbons (Fsp3) is 0.300. The first-order valence-electron chi connectivity index (χ1n) is 8.76. The molecule has 26 heavy (non-hydrogen) atoms. The molecule has 2 aliphatic rings. The highest BCUT2D eigenvalue weighted by atomic mass is 35.5. The summed E-state index contributed by atoms with van der Waals surface area (Å²) in [6, 6.07) is 16.2. The van der Waals surface area contributed by atoms with Gasteiger partial charge < -0.3 is 0 Å². The van der Waals surface area contributed by atoms with Crippen molar-refractivity contribution >= 4 is 34.8 Å². The number of anilines is 2. The largest absolute Gasteiger partial charge is 0.273 e. The van der Waals surface area contributed by atoms with E-state index in [0.29, 0.717) is 10.7 Å². The molecule has 0 saturated carbocycles. The monoisotopic (exact) mass is 370 g/mol. The number of carbonyl (C=O) groups excluding carboxylic acids is 2. The number of hydrogen-bond donors (Lipinski definition) is 0. The Morgan fingerprint density at radius 3 is 2.31 bits per heavy atom. The zero-order chi connectivity index (χ0) is 18.3. The average Bonchev–Trinajstić information content (AvgIpc) is 3.14. The second-order valence-electron chi connectivity index (χ2n) is 6.56. The van der Waals surface area contributed by atoms with Gasteiger partial charge in [0.2, 0.25) is 5.91 Å². The molecule has 2 fully saturated rings. The highest BCUT2D eigenvalue weighted by molar-refractivity contribution is 6.31. The summed E-state index contributed by atoms with van der Waals surface area (Å²) in [7, 11) is 0.